The summed E-state index contributed by atoms with van der Waals surface area (Å²) in [4.78, 5) is 0. The minimum absolute atomic E-state index is 0.199. The molecule has 0 bridgehead atoms. The number of benzene rings is 1. The first-order valence-corrected chi connectivity index (χ1v) is 12.0. The van der Waals surface area contributed by atoms with Crippen molar-refractivity contribution in [1.82, 2.24) is 0 Å². The third-order valence-electron chi connectivity index (χ3n) is 4.68. The van der Waals surface area contributed by atoms with E-state index in [0.29, 0.717) is 0 Å². The largest absolute Gasteiger partial charge is 0.543 e. The summed E-state index contributed by atoms with van der Waals surface area (Å²) in [5, 5.41) is 1.17. The number of rotatable bonds is 6. The zero-order chi connectivity index (χ0) is 17.1. The van der Waals surface area contributed by atoms with Gasteiger partial charge in [-0.2, -0.15) is 0 Å². The van der Waals surface area contributed by atoms with Crippen LogP contribution >= 0.6 is 15.9 Å². The predicted molar refractivity (Wildman–Crippen MR) is 102 cm³/mol. The zero-order valence-corrected chi connectivity index (χ0v) is 18.0. The number of ether oxygens (including phenoxy) is 1. The highest BCUT2D eigenvalue weighted by Gasteiger charge is 2.39. The average molecular weight is 387 g/mol. The predicted octanol–water partition coefficient (Wildman–Crippen LogP) is 6.16. The van der Waals surface area contributed by atoms with Crippen molar-refractivity contribution in [1.29, 1.82) is 0 Å². The average Bonchev–Trinajstić information content (AvgIpc) is 2.39. The second kappa shape index (κ2) is 7.39. The Morgan fingerprint density at radius 1 is 1.09 bits per heavy atom. The third kappa shape index (κ3) is 4.51. The Bertz CT molecular complexity index is 519. The van der Waals surface area contributed by atoms with E-state index >= 15 is 0 Å². The van der Waals surface area contributed by atoms with Crippen molar-refractivity contribution in [3.63, 3.8) is 0 Å². The van der Waals surface area contributed by atoms with Gasteiger partial charge in [0.15, 0.2) is 0 Å². The number of hydrogen-bond donors (Lipinski definition) is 0. The van der Waals surface area contributed by atoms with Gasteiger partial charge >= 0.3 is 0 Å². The summed E-state index contributed by atoms with van der Waals surface area (Å²) in [5.41, 5.74) is 3.56. The summed E-state index contributed by atoms with van der Waals surface area (Å²) in [6.45, 7) is 18.5. The normalized spacial score (nSPS) is 12.4. The lowest BCUT2D eigenvalue weighted by molar-refractivity contribution is 0.316. The molecule has 22 heavy (non-hydrogen) atoms. The van der Waals surface area contributed by atoms with Crippen LogP contribution in [0, 0.1) is 20.8 Å². The van der Waals surface area contributed by atoms with Crippen LogP contribution in [0.25, 0.3) is 0 Å². The van der Waals surface area contributed by atoms with Gasteiger partial charge in [-0.15, -0.1) is 0 Å². The van der Waals surface area contributed by atoms with Crippen LogP contribution in [0.15, 0.2) is 6.07 Å². The SMILES string of the molecule is Cc1cc(OCCCBr)c(C)c(C)c1O[Si](C)(C)C(C)(C)C. The lowest BCUT2D eigenvalue weighted by Gasteiger charge is -2.37. The quantitative estimate of drug-likeness (QED) is 0.331. The van der Waals surface area contributed by atoms with E-state index in [2.05, 4.69) is 76.6 Å². The highest BCUT2D eigenvalue weighted by Crippen LogP contribution is 2.41. The second-order valence-electron chi connectivity index (χ2n) is 7.52. The molecule has 1 aromatic carbocycles. The van der Waals surface area contributed by atoms with Crippen LogP contribution < -0.4 is 9.16 Å². The number of hydrogen-bond acceptors (Lipinski definition) is 2. The van der Waals surface area contributed by atoms with E-state index in [4.69, 9.17) is 9.16 Å². The van der Waals surface area contributed by atoms with Gasteiger partial charge in [-0.3, -0.25) is 0 Å². The maximum atomic E-state index is 6.57. The Labute approximate surface area is 145 Å². The number of aryl methyl sites for hydroxylation is 1. The molecule has 0 aliphatic carbocycles. The Hall–Kier alpha value is -0.483. The van der Waals surface area contributed by atoms with E-state index in [1.807, 2.05) is 0 Å². The van der Waals surface area contributed by atoms with Gasteiger partial charge in [0.25, 0.3) is 8.32 Å². The molecule has 1 aromatic rings. The standard InChI is InChI=1S/C18H31BrO2Si/c1-13-12-16(20-11-9-10-19)14(2)15(3)17(13)21-22(7,8)18(4,5)6/h12H,9-11H2,1-8H3. The van der Waals surface area contributed by atoms with Gasteiger partial charge in [-0.1, -0.05) is 36.7 Å². The lowest BCUT2D eigenvalue weighted by atomic mass is 10.0. The summed E-state index contributed by atoms with van der Waals surface area (Å²) in [6, 6.07) is 2.12. The molecule has 4 heteroatoms. The minimum atomic E-state index is -1.83. The molecule has 0 atom stereocenters. The summed E-state index contributed by atoms with van der Waals surface area (Å²) in [7, 11) is -1.83. The van der Waals surface area contributed by atoms with Crippen molar-refractivity contribution in [3.05, 3.63) is 22.8 Å². The molecule has 0 aliphatic rings. The first-order chi connectivity index (χ1) is 10.0. The Balaban J connectivity index is 3.11. The van der Waals surface area contributed by atoms with Gasteiger partial charge in [0.2, 0.25) is 0 Å². The molecule has 0 N–H and O–H groups in total. The van der Waals surface area contributed by atoms with E-state index < -0.39 is 8.32 Å². The van der Waals surface area contributed by atoms with Crippen LogP contribution in [-0.4, -0.2) is 20.3 Å². The van der Waals surface area contributed by atoms with E-state index in [9.17, 15) is 0 Å². The fraction of sp³-hybridized carbons (Fsp3) is 0.667. The van der Waals surface area contributed by atoms with Crippen molar-refractivity contribution in [2.45, 2.75) is 66.1 Å². The van der Waals surface area contributed by atoms with Crippen molar-refractivity contribution in [2.24, 2.45) is 0 Å². The molecular formula is C18H31BrO2Si. The molecule has 0 saturated heterocycles. The maximum Gasteiger partial charge on any atom is 0.250 e. The molecule has 0 spiro atoms. The number of alkyl halides is 1. The van der Waals surface area contributed by atoms with Crippen LogP contribution in [0.5, 0.6) is 11.5 Å². The van der Waals surface area contributed by atoms with Gasteiger partial charge in [0.1, 0.15) is 11.5 Å². The highest BCUT2D eigenvalue weighted by atomic mass is 79.9. The van der Waals surface area contributed by atoms with Crippen molar-refractivity contribution >= 4 is 24.2 Å². The Morgan fingerprint density at radius 2 is 1.68 bits per heavy atom. The second-order valence-corrected chi connectivity index (χ2v) is 13.0. The summed E-state index contributed by atoms with van der Waals surface area (Å²) in [5.74, 6) is 2.04. The zero-order valence-electron chi connectivity index (χ0n) is 15.4. The van der Waals surface area contributed by atoms with Crippen molar-refractivity contribution in [2.75, 3.05) is 11.9 Å². The molecule has 126 valence electrons. The third-order valence-corrected chi connectivity index (χ3v) is 9.56. The van der Waals surface area contributed by atoms with E-state index in [1.54, 1.807) is 0 Å². The summed E-state index contributed by atoms with van der Waals surface area (Å²) in [6.07, 6.45) is 1.01. The van der Waals surface area contributed by atoms with Crippen molar-refractivity contribution < 1.29 is 9.16 Å². The Kier molecular flexibility index (Phi) is 6.57. The molecule has 0 radical (unpaired) electrons. The topological polar surface area (TPSA) is 18.5 Å². The molecule has 0 aliphatic heterocycles. The van der Waals surface area contributed by atoms with Crippen molar-refractivity contribution in [3.8, 4) is 11.5 Å². The molecule has 0 saturated carbocycles. The van der Waals surface area contributed by atoms with Crippen LogP contribution in [0.3, 0.4) is 0 Å². The maximum absolute atomic E-state index is 6.57. The molecule has 2 nitrogen and oxygen atoms in total. The number of halogens is 1. The smallest absolute Gasteiger partial charge is 0.250 e. The van der Waals surface area contributed by atoms with Gasteiger partial charge in [-0.25, -0.2) is 0 Å². The van der Waals surface area contributed by atoms with Crippen LogP contribution in [0.4, 0.5) is 0 Å². The molecule has 0 heterocycles. The monoisotopic (exact) mass is 386 g/mol. The van der Waals surface area contributed by atoms with Crippen LogP contribution in [0.2, 0.25) is 18.1 Å². The van der Waals surface area contributed by atoms with Gasteiger partial charge in [0, 0.05) is 5.33 Å². The highest BCUT2D eigenvalue weighted by molar-refractivity contribution is 9.09. The molecule has 0 unspecified atom stereocenters. The first kappa shape index (κ1) is 19.6. The van der Waals surface area contributed by atoms with Crippen LogP contribution in [-0.2, 0) is 0 Å². The van der Waals surface area contributed by atoms with Crippen LogP contribution in [0.1, 0.15) is 43.9 Å². The Morgan fingerprint density at radius 3 is 2.18 bits per heavy atom. The first-order valence-electron chi connectivity index (χ1n) is 8.00. The molecule has 0 fully saturated rings. The molecule has 1 rings (SSSR count). The lowest BCUT2D eigenvalue weighted by Crippen LogP contribution is -2.44. The van der Waals surface area contributed by atoms with E-state index in [1.165, 1.54) is 16.7 Å². The minimum Gasteiger partial charge on any atom is -0.543 e. The molecule has 0 amide bonds. The summed E-state index contributed by atoms with van der Waals surface area (Å²) >= 11 is 3.44. The summed E-state index contributed by atoms with van der Waals surface area (Å²) < 4.78 is 12.5. The molecular weight excluding hydrogens is 356 g/mol. The van der Waals surface area contributed by atoms with E-state index in [0.717, 1.165) is 29.9 Å². The molecule has 0 aromatic heterocycles. The van der Waals surface area contributed by atoms with Gasteiger partial charge in [-0.05, 0) is 68.1 Å². The van der Waals surface area contributed by atoms with E-state index in [-0.39, 0.29) is 5.04 Å². The van der Waals surface area contributed by atoms with Gasteiger partial charge in [0.05, 0.1) is 6.61 Å². The fourth-order valence-electron chi connectivity index (χ4n) is 1.97. The van der Waals surface area contributed by atoms with Gasteiger partial charge < -0.3 is 9.16 Å². The fourth-order valence-corrected chi connectivity index (χ4v) is 3.33.